The minimum absolute atomic E-state index is 0.254. The van der Waals surface area contributed by atoms with Crippen molar-refractivity contribution in [1.29, 1.82) is 0 Å². The van der Waals surface area contributed by atoms with Crippen LogP contribution in [0.1, 0.15) is 18.4 Å². The number of aliphatic hydroxyl groups excluding tert-OH is 1. The summed E-state index contributed by atoms with van der Waals surface area (Å²) in [4.78, 5) is 13.5. The van der Waals surface area contributed by atoms with Crippen molar-refractivity contribution in [2.45, 2.75) is 25.4 Å². The zero-order valence-corrected chi connectivity index (χ0v) is 14.4. The quantitative estimate of drug-likeness (QED) is 0.868. The topological polar surface area (TPSA) is 64.5 Å². The summed E-state index contributed by atoms with van der Waals surface area (Å²) >= 11 is 0. The molecule has 1 fully saturated rings. The second-order valence-corrected chi connectivity index (χ2v) is 6.77. The summed E-state index contributed by atoms with van der Waals surface area (Å²) in [5.41, 5.74) is 2.78. The SMILES string of the molecule is OC1CCCN(c2ccnc(NCCN3CCc4ccccc43)n2)C1. The Morgan fingerprint density at radius 1 is 1.20 bits per heavy atom. The number of para-hydroxylation sites is 1. The fraction of sp³-hybridized carbons (Fsp3) is 0.474. The molecule has 0 spiro atoms. The van der Waals surface area contributed by atoms with Gasteiger partial charge in [-0.3, -0.25) is 0 Å². The van der Waals surface area contributed by atoms with E-state index < -0.39 is 0 Å². The van der Waals surface area contributed by atoms with E-state index in [-0.39, 0.29) is 6.10 Å². The molecule has 4 rings (SSSR count). The van der Waals surface area contributed by atoms with E-state index in [4.69, 9.17) is 0 Å². The number of aromatic nitrogens is 2. The lowest BCUT2D eigenvalue weighted by molar-refractivity contribution is 0.154. The summed E-state index contributed by atoms with van der Waals surface area (Å²) < 4.78 is 0. The third kappa shape index (κ3) is 3.69. The Labute approximate surface area is 148 Å². The number of hydrogen-bond acceptors (Lipinski definition) is 6. The molecule has 1 atom stereocenters. The van der Waals surface area contributed by atoms with Gasteiger partial charge in [0.2, 0.25) is 5.95 Å². The molecule has 0 radical (unpaired) electrons. The lowest BCUT2D eigenvalue weighted by atomic mass is 10.1. The predicted octanol–water partition coefficient (Wildman–Crippen LogP) is 1.91. The van der Waals surface area contributed by atoms with Crippen molar-refractivity contribution in [2.24, 2.45) is 0 Å². The van der Waals surface area contributed by atoms with Gasteiger partial charge >= 0.3 is 0 Å². The van der Waals surface area contributed by atoms with Crippen LogP contribution in [0.5, 0.6) is 0 Å². The van der Waals surface area contributed by atoms with Crippen LogP contribution in [0.15, 0.2) is 36.5 Å². The van der Waals surface area contributed by atoms with Crippen molar-refractivity contribution in [3.63, 3.8) is 0 Å². The molecule has 0 amide bonds. The number of benzene rings is 1. The molecule has 2 aromatic rings. The highest BCUT2D eigenvalue weighted by atomic mass is 16.3. The summed E-state index contributed by atoms with van der Waals surface area (Å²) in [5, 5.41) is 13.2. The number of piperidine rings is 1. The average Bonchev–Trinajstić information content (AvgIpc) is 3.05. The van der Waals surface area contributed by atoms with Crippen LogP contribution in [-0.4, -0.2) is 53.9 Å². The smallest absolute Gasteiger partial charge is 0.224 e. The zero-order chi connectivity index (χ0) is 17.1. The number of rotatable bonds is 5. The van der Waals surface area contributed by atoms with Crippen LogP contribution < -0.4 is 15.1 Å². The van der Waals surface area contributed by atoms with E-state index >= 15 is 0 Å². The van der Waals surface area contributed by atoms with Gasteiger partial charge in [-0.2, -0.15) is 4.98 Å². The number of hydrogen-bond donors (Lipinski definition) is 2. The van der Waals surface area contributed by atoms with Gasteiger partial charge in [0.15, 0.2) is 0 Å². The first kappa shape index (κ1) is 16.1. The normalized spacial score (nSPS) is 19.8. The Hall–Kier alpha value is -2.34. The van der Waals surface area contributed by atoms with E-state index in [1.807, 2.05) is 6.07 Å². The first-order valence-electron chi connectivity index (χ1n) is 9.12. The summed E-state index contributed by atoms with van der Waals surface area (Å²) in [6.45, 7) is 4.42. The van der Waals surface area contributed by atoms with Crippen molar-refractivity contribution in [1.82, 2.24) is 9.97 Å². The van der Waals surface area contributed by atoms with Gasteiger partial charge in [-0.1, -0.05) is 18.2 Å². The summed E-state index contributed by atoms with van der Waals surface area (Å²) in [6, 6.07) is 10.5. The number of β-amino-alcohol motifs (C(OH)–C–C–N with tert-alkyl or cyclic N) is 1. The number of fused-ring (bicyclic) bond motifs is 1. The molecular weight excluding hydrogens is 314 g/mol. The molecule has 3 heterocycles. The number of anilines is 3. The van der Waals surface area contributed by atoms with Gasteiger partial charge in [-0.15, -0.1) is 0 Å². The fourth-order valence-electron chi connectivity index (χ4n) is 3.71. The molecular formula is C19H25N5O. The maximum absolute atomic E-state index is 9.85. The first-order chi connectivity index (χ1) is 12.3. The molecule has 0 aliphatic carbocycles. The van der Waals surface area contributed by atoms with Crippen LogP contribution in [-0.2, 0) is 6.42 Å². The Balaban J connectivity index is 1.34. The number of nitrogens with zero attached hydrogens (tertiary/aromatic N) is 4. The molecule has 6 heteroatoms. The summed E-state index contributed by atoms with van der Waals surface area (Å²) in [7, 11) is 0. The largest absolute Gasteiger partial charge is 0.391 e. The molecule has 132 valence electrons. The summed E-state index contributed by atoms with van der Waals surface area (Å²) in [6.07, 6.45) is 4.54. The second-order valence-electron chi connectivity index (χ2n) is 6.77. The van der Waals surface area contributed by atoms with Crippen molar-refractivity contribution in [3.8, 4) is 0 Å². The van der Waals surface area contributed by atoms with Crippen molar-refractivity contribution < 1.29 is 5.11 Å². The number of aliphatic hydroxyl groups is 1. The van der Waals surface area contributed by atoms with E-state index in [0.29, 0.717) is 12.5 Å². The van der Waals surface area contributed by atoms with Crippen molar-refractivity contribution >= 4 is 17.5 Å². The Kier molecular flexibility index (Phi) is 4.70. The average molecular weight is 339 g/mol. The molecule has 2 aliphatic heterocycles. The molecule has 0 bridgehead atoms. The Bertz CT molecular complexity index is 722. The Morgan fingerprint density at radius 3 is 3.04 bits per heavy atom. The molecule has 6 nitrogen and oxygen atoms in total. The van der Waals surface area contributed by atoms with E-state index in [0.717, 1.165) is 51.3 Å². The fourth-order valence-corrected chi connectivity index (χ4v) is 3.71. The third-order valence-corrected chi connectivity index (χ3v) is 5.01. The highest BCUT2D eigenvalue weighted by Gasteiger charge is 2.20. The lowest BCUT2D eigenvalue weighted by Crippen LogP contribution is -2.38. The molecule has 2 N–H and O–H groups in total. The van der Waals surface area contributed by atoms with Gasteiger partial charge in [0.1, 0.15) is 5.82 Å². The maximum Gasteiger partial charge on any atom is 0.224 e. The highest BCUT2D eigenvalue weighted by Crippen LogP contribution is 2.26. The van der Waals surface area contributed by atoms with Crippen LogP contribution >= 0.6 is 0 Å². The van der Waals surface area contributed by atoms with Crippen LogP contribution in [0, 0.1) is 0 Å². The van der Waals surface area contributed by atoms with Gasteiger partial charge < -0.3 is 20.2 Å². The van der Waals surface area contributed by atoms with Crippen LogP contribution in [0.25, 0.3) is 0 Å². The molecule has 0 saturated carbocycles. The first-order valence-corrected chi connectivity index (χ1v) is 9.12. The van der Waals surface area contributed by atoms with E-state index in [9.17, 15) is 5.11 Å². The van der Waals surface area contributed by atoms with Gasteiger partial charge in [-0.05, 0) is 37.0 Å². The maximum atomic E-state index is 9.85. The van der Waals surface area contributed by atoms with E-state index in [1.165, 1.54) is 11.3 Å². The van der Waals surface area contributed by atoms with Crippen LogP contribution in [0.2, 0.25) is 0 Å². The monoisotopic (exact) mass is 339 g/mol. The minimum atomic E-state index is -0.254. The molecule has 1 saturated heterocycles. The second kappa shape index (κ2) is 7.27. The van der Waals surface area contributed by atoms with Crippen LogP contribution in [0.4, 0.5) is 17.5 Å². The molecule has 25 heavy (non-hydrogen) atoms. The summed E-state index contributed by atoms with van der Waals surface area (Å²) in [5.74, 6) is 1.55. The Morgan fingerprint density at radius 2 is 2.12 bits per heavy atom. The predicted molar refractivity (Wildman–Crippen MR) is 100 cm³/mol. The highest BCUT2D eigenvalue weighted by molar-refractivity contribution is 5.57. The van der Waals surface area contributed by atoms with Gasteiger partial charge in [0.25, 0.3) is 0 Å². The van der Waals surface area contributed by atoms with E-state index in [2.05, 4.69) is 49.4 Å². The molecule has 1 unspecified atom stereocenters. The molecule has 1 aromatic carbocycles. The van der Waals surface area contributed by atoms with Crippen LogP contribution in [0.3, 0.4) is 0 Å². The molecule has 1 aromatic heterocycles. The van der Waals surface area contributed by atoms with Gasteiger partial charge in [0.05, 0.1) is 6.10 Å². The van der Waals surface area contributed by atoms with Gasteiger partial charge in [0, 0.05) is 44.6 Å². The lowest BCUT2D eigenvalue weighted by Gasteiger charge is -2.31. The zero-order valence-electron chi connectivity index (χ0n) is 14.4. The number of nitrogens with one attached hydrogen (secondary N) is 1. The standard InChI is InChI=1S/C19H25N5O/c25-16-5-3-11-24(14-16)18-7-9-20-19(22-18)21-10-13-23-12-8-15-4-1-2-6-17(15)23/h1-2,4,6-7,9,16,25H,3,5,8,10-14H2,(H,20,21,22). The minimum Gasteiger partial charge on any atom is -0.391 e. The van der Waals surface area contributed by atoms with E-state index in [1.54, 1.807) is 6.20 Å². The molecule has 2 aliphatic rings. The third-order valence-electron chi connectivity index (χ3n) is 5.01. The van der Waals surface area contributed by atoms with Crippen molar-refractivity contribution in [3.05, 3.63) is 42.1 Å². The van der Waals surface area contributed by atoms with Crippen molar-refractivity contribution in [2.75, 3.05) is 47.8 Å². The van der Waals surface area contributed by atoms with Gasteiger partial charge in [-0.25, -0.2) is 4.98 Å².